The second kappa shape index (κ2) is 5.70. The van der Waals surface area contributed by atoms with Gasteiger partial charge in [0.05, 0.1) is 6.54 Å². The highest BCUT2D eigenvalue weighted by Crippen LogP contribution is 2.28. The molecule has 3 amide bonds. The number of carbonyl (C=O) groups excluding carboxylic acids is 2. The van der Waals surface area contributed by atoms with Crippen LogP contribution in [0.3, 0.4) is 0 Å². The molecule has 1 fully saturated rings. The van der Waals surface area contributed by atoms with Crippen LogP contribution in [0.1, 0.15) is 20.3 Å². The standard InChI is InChI=1S/C11H19N3O4/c1-11(2)3-4-14(7-11)10(18)13-5-8(15)12-6-9(16)17/h3-7H2,1-2H3,(H,12,15)(H,13,18)(H,16,17). The Bertz CT molecular complexity index is 354. The van der Waals surface area contributed by atoms with Crippen molar-refractivity contribution in [2.45, 2.75) is 20.3 Å². The molecule has 1 aliphatic rings. The number of nitrogens with zero attached hydrogens (tertiary/aromatic N) is 1. The van der Waals surface area contributed by atoms with Gasteiger partial charge in [0.2, 0.25) is 5.91 Å². The maximum absolute atomic E-state index is 11.7. The topological polar surface area (TPSA) is 98.7 Å². The SMILES string of the molecule is CC1(C)CCN(C(=O)NCC(=O)NCC(=O)O)C1. The molecule has 0 aliphatic carbocycles. The van der Waals surface area contributed by atoms with Crippen LogP contribution in [0.25, 0.3) is 0 Å². The minimum atomic E-state index is -1.11. The fourth-order valence-corrected chi connectivity index (χ4v) is 1.79. The summed E-state index contributed by atoms with van der Waals surface area (Å²) in [6.45, 7) is 4.86. The van der Waals surface area contributed by atoms with Gasteiger partial charge in [-0.15, -0.1) is 0 Å². The van der Waals surface area contributed by atoms with Gasteiger partial charge in [-0.05, 0) is 11.8 Å². The molecule has 0 aromatic heterocycles. The molecule has 0 atom stereocenters. The number of hydrogen-bond donors (Lipinski definition) is 3. The number of amides is 3. The first kappa shape index (κ1) is 14.3. The number of carboxylic acids is 1. The molecular formula is C11H19N3O4. The Balaban J connectivity index is 2.25. The van der Waals surface area contributed by atoms with E-state index >= 15 is 0 Å². The Hall–Kier alpha value is -1.79. The van der Waals surface area contributed by atoms with Gasteiger partial charge in [0.1, 0.15) is 6.54 Å². The van der Waals surface area contributed by atoms with Crippen LogP contribution in [-0.4, -0.2) is 54.1 Å². The van der Waals surface area contributed by atoms with Gasteiger partial charge >= 0.3 is 12.0 Å². The molecule has 7 heteroatoms. The third-order valence-corrected chi connectivity index (χ3v) is 2.80. The molecule has 1 rings (SSSR count). The van der Waals surface area contributed by atoms with Crippen molar-refractivity contribution < 1.29 is 19.5 Å². The Morgan fingerprint density at radius 1 is 1.22 bits per heavy atom. The van der Waals surface area contributed by atoms with Gasteiger partial charge in [0, 0.05) is 13.1 Å². The largest absolute Gasteiger partial charge is 0.480 e. The normalized spacial score (nSPS) is 17.3. The van der Waals surface area contributed by atoms with Crippen molar-refractivity contribution in [2.75, 3.05) is 26.2 Å². The van der Waals surface area contributed by atoms with E-state index < -0.39 is 18.4 Å². The van der Waals surface area contributed by atoms with Crippen LogP contribution in [0.4, 0.5) is 4.79 Å². The van der Waals surface area contributed by atoms with Gasteiger partial charge in [-0.3, -0.25) is 9.59 Å². The van der Waals surface area contributed by atoms with Crippen LogP contribution in [0.2, 0.25) is 0 Å². The summed E-state index contributed by atoms with van der Waals surface area (Å²) in [5.74, 6) is -1.62. The second-order valence-corrected chi connectivity index (χ2v) is 5.16. The number of urea groups is 1. The zero-order chi connectivity index (χ0) is 13.8. The molecule has 102 valence electrons. The lowest BCUT2D eigenvalue weighted by molar-refractivity contribution is -0.137. The number of carbonyl (C=O) groups is 3. The Morgan fingerprint density at radius 3 is 2.39 bits per heavy atom. The molecule has 0 spiro atoms. The van der Waals surface area contributed by atoms with Gasteiger partial charge < -0.3 is 20.6 Å². The summed E-state index contributed by atoms with van der Waals surface area (Å²) in [5, 5.41) is 13.0. The molecule has 0 unspecified atom stereocenters. The van der Waals surface area contributed by atoms with Crippen LogP contribution in [-0.2, 0) is 9.59 Å². The van der Waals surface area contributed by atoms with E-state index in [9.17, 15) is 14.4 Å². The van der Waals surface area contributed by atoms with Crippen molar-refractivity contribution in [1.82, 2.24) is 15.5 Å². The van der Waals surface area contributed by atoms with Crippen LogP contribution in [0.5, 0.6) is 0 Å². The third-order valence-electron chi connectivity index (χ3n) is 2.80. The van der Waals surface area contributed by atoms with Crippen molar-refractivity contribution in [3.63, 3.8) is 0 Å². The molecule has 1 aliphatic heterocycles. The van der Waals surface area contributed by atoms with Crippen LogP contribution in [0.15, 0.2) is 0 Å². The van der Waals surface area contributed by atoms with E-state index in [1.807, 2.05) is 0 Å². The zero-order valence-corrected chi connectivity index (χ0v) is 10.7. The molecule has 1 heterocycles. The Kier molecular flexibility index (Phi) is 4.52. The molecule has 3 N–H and O–H groups in total. The van der Waals surface area contributed by atoms with E-state index in [-0.39, 0.29) is 18.0 Å². The molecule has 0 aromatic carbocycles. The van der Waals surface area contributed by atoms with E-state index in [2.05, 4.69) is 24.5 Å². The van der Waals surface area contributed by atoms with Crippen LogP contribution >= 0.6 is 0 Å². The molecule has 0 aromatic rings. The minimum absolute atomic E-state index is 0.114. The first-order chi connectivity index (χ1) is 8.30. The van der Waals surface area contributed by atoms with Crippen molar-refractivity contribution in [1.29, 1.82) is 0 Å². The predicted molar refractivity (Wildman–Crippen MR) is 64.0 cm³/mol. The van der Waals surface area contributed by atoms with Crippen LogP contribution < -0.4 is 10.6 Å². The number of rotatable bonds is 4. The second-order valence-electron chi connectivity index (χ2n) is 5.16. The summed E-state index contributed by atoms with van der Waals surface area (Å²) in [6, 6.07) is -0.286. The molecule has 1 saturated heterocycles. The number of nitrogens with one attached hydrogen (secondary N) is 2. The van der Waals surface area contributed by atoms with Gasteiger partial charge in [-0.2, -0.15) is 0 Å². The highest BCUT2D eigenvalue weighted by molar-refractivity contribution is 5.86. The van der Waals surface area contributed by atoms with Gasteiger partial charge in [0.15, 0.2) is 0 Å². The summed E-state index contributed by atoms with van der Waals surface area (Å²) >= 11 is 0. The minimum Gasteiger partial charge on any atom is -0.480 e. The maximum atomic E-state index is 11.7. The number of hydrogen-bond acceptors (Lipinski definition) is 3. The first-order valence-corrected chi connectivity index (χ1v) is 5.81. The molecule has 0 saturated carbocycles. The Morgan fingerprint density at radius 2 is 1.89 bits per heavy atom. The van der Waals surface area contributed by atoms with Crippen molar-refractivity contribution >= 4 is 17.9 Å². The quantitative estimate of drug-likeness (QED) is 0.640. The fraction of sp³-hybridized carbons (Fsp3) is 0.727. The van der Waals surface area contributed by atoms with E-state index in [4.69, 9.17) is 5.11 Å². The summed E-state index contributed by atoms with van der Waals surface area (Å²) in [6.07, 6.45) is 0.936. The highest BCUT2D eigenvalue weighted by atomic mass is 16.4. The maximum Gasteiger partial charge on any atom is 0.322 e. The van der Waals surface area contributed by atoms with Gasteiger partial charge in [-0.1, -0.05) is 13.8 Å². The number of likely N-dealkylation sites (tertiary alicyclic amines) is 1. The zero-order valence-electron chi connectivity index (χ0n) is 10.7. The smallest absolute Gasteiger partial charge is 0.322 e. The van der Waals surface area contributed by atoms with E-state index in [0.29, 0.717) is 13.1 Å². The lowest BCUT2D eigenvalue weighted by Gasteiger charge is -2.20. The lowest BCUT2D eigenvalue weighted by atomic mass is 9.93. The van der Waals surface area contributed by atoms with Gasteiger partial charge in [-0.25, -0.2) is 4.79 Å². The fourth-order valence-electron chi connectivity index (χ4n) is 1.79. The summed E-state index contributed by atoms with van der Waals surface area (Å²) in [5.41, 5.74) is 0.114. The van der Waals surface area contributed by atoms with E-state index in [0.717, 1.165) is 6.42 Å². The molecule has 7 nitrogen and oxygen atoms in total. The van der Waals surface area contributed by atoms with Crippen molar-refractivity contribution in [3.8, 4) is 0 Å². The monoisotopic (exact) mass is 257 g/mol. The molecular weight excluding hydrogens is 238 g/mol. The number of aliphatic carboxylic acids is 1. The summed E-state index contributed by atoms with van der Waals surface area (Å²) < 4.78 is 0. The molecule has 18 heavy (non-hydrogen) atoms. The van der Waals surface area contributed by atoms with E-state index in [1.54, 1.807) is 4.90 Å². The number of carboxylic acid groups (broad SMARTS) is 1. The van der Waals surface area contributed by atoms with E-state index in [1.165, 1.54) is 0 Å². The van der Waals surface area contributed by atoms with Crippen LogP contribution in [0, 0.1) is 5.41 Å². The molecule has 0 bridgehead atoms. The highest BCUT2D eigenvalue weighted by Gasteiger charge is 2.31. The molecule has 0 radical (unpaired) electrons. The third kappa shape index (κ3) is 4.60. The van der Waals surface area contributed by atoms with Crippen molar-refractivity contribution in [3.05, 3.63) is 0 Å². The predicted octanol–water partition coefficient (Wildman–Crippen LogP) is -0.371. The summed E-state index contributed by atoms with van der Waals surface area (Å²) in [7, 11) is 0. The summed E-state index contributed by atoms with van der Waals surface area (Å²) in [4.78, 5) is 34.8. The lowest BCUT2D eigenvalue weighted by Crippen LogP contribution is -2.44. The average molecular weight is 257 g/mol. The Labute approximate surface area is 106 Å². The van der Waals surface area contributed by atoms with Crippen molar-refractivity contribution in [2.24, 2.45) is 5.41 Å². The average Bonchev–Trinajstić information content (AvgIpc) is 2.63. The van der Waals surface area contributed by atoms with Gasteiger partial charge in [0.25, 0.3) is 0 Å². The first-order valence-electron chi connectivity index (χ1n) is 5.81.